The van der Waals surface area contributed by atoms with Crippen LogP contribution in [0.1, 0.15) is 44.9 Å². The van der Waals surface area contributed by atoms with Gasteiger partial charge < -0.3 is 15.0 Å². The molecule has 0 unspecified atom stereocenters. The highest BCUT2D eigenvalue weighted by Crippen LogP contribution is 2.37. The van der Waals surface area contributed by atoms with Gasteiger partial charge in [0.2, 0.25) is 0 Å². The van der Waals surface area contributed by atoms with E-state index in [0.29, 0.717) is 0 Å². The van der Waals surface area contributed by atoms with E-state index >= 15 is 0 Å². The van der Waals surface area contributed by atoms with Crippen molar-refractivity contribution in [2.75, 3.05) is 0 Å². The predicted octanol–water partition coefficient (Wildman–Crippen LogP) is 2.91. The third-order valence-corrected chi connectivity index (χ3v) is 4.14. The van der Waals surface area contributed by atoms with Crippen molar-refractivity contribution in [2.45, 2.75) is 44.9 Å². The second-order valence-corrected chi connectivity index (χ2v) is 6.30. The zero-order chi connectivity index (χ0) is 15.7. The van der Waals surface area contributed by atoms with Crippen LogP contribution in [-0.4, -0.2) is 23.3 Å². The maximum absolute atomic E-state index is 5.92. The fourth-order valence-electron chi connectivity index (χ4n) is 2.04. The van der Waals surface area contributed by atoms with Gasteiger partial charge in [0.15, 0.2) is 0 Å². The van der Waals surface area contributed by atoms with Crippen LogP contribution in [0.4, 0.5) is 0 Å². The van der Waals surface area contributed by atoms with Gasteiger partial charge >= 0.3 is 7.12 Å². The van der Waals surface area contributed by atoms with Crippen LogP contribution < -0.4 is 5.73 Å². The number of nitrogens with zero attached hydrogens (tertiary/aromatic N) is 1. The van der Waals surface area contributed by atoms with Crippen molar-refractivity contribution in [3.8, 4) is 0 Å². The minimum absolute atomic E-state index is 0.206. The molecular weight excluding hydrogens is 263 g/mol. The number of nitrogens with two attached hydrogens (primary N) is 1. The third-order valence-electron chi connectivity index (χ3n) is 4.14. The summed E-state index contributed by atoms with van der Waals surface area (Å²) >= 11 is 0. The Labute approximate surface area is 127 Å². The van der Waals surface area contributed by atoms with Crippen molar-refractivity contribution >= 4 is 13.2 Å². The molecule has 112 valence electrons. The number of rotatable bonds is 4. The van der Waals surface area contributed by atoms with Gasteiger partial charge in [-0.3, -0.25) is 4.98 Å². The molecule has 0 amide bonds. The van der Waals surface area contributed by atoms with E-state index in [4.69, 9.17) is 15.0 Å². The maximum Gasteiger partial charge on any atom is 0.487 e. The van der Waals surface area contributed by atoms with E-state index < -0.39 is 0 Å². The topological polar surface area (TPSA) is 57.4 Å². The van der Waals surface area contributed by atoms with Crippen molar-refractivity contribution < 1.29 is 9.31 Å². The Balaban J connectivity index is 2.11. The molecule has 2 N–H and O–H groups in total. The fourth-order valence-corrected chi connectivity index (χ4v) is 2.04. The number of hydrogen-bond acceptors (Lipinski definition) is 4. The molecular formula is C16H23BN2O2. The lowest BCUT2D eigenvalue weighted by Crippen LogP contribution is -2.41. The van der Waals surface area contributed by atoms with Crippen LogP contribution in [0.25, 0.3) is 6.08 Å². The molecule has 1 aliphatic heterocycles. The molecule has 1 saturated heterocycles. The van der Waals surface area contributed by atoms with Gasteiger partial charge in [0, 0.05) is 18.4 Å². The lowest BCUT2D eigenvalue weighted by Gasteiger charge is -2.32. The Bertz CT molecular complexity index is 539. The smallest absolute Gasteiger partial charge is 0.400 e. The van der Waals surface area contributed by atoms with Crippen molar-refractivity contribution in [2.24, 2.45) is 5.73 Å². The normalized spacial score (nSPS) is 21.7. The van der Waals surface area contributed by atoms with Crippen LogP contribution in [0.3, 0.4) is 0 Å². The van der Waals surface area contributed by atoms with E-state index in [9.17, 15) is 0 Å². The highest BCUT2D eigenvalue weighted by atomic mass is 16.7. The SMILES string of the molecule is C=C[C@H](N)c1cncc(/C=C/B2OC(C)(C)C(C)(C)O2)c1. The van der Waals surface area contributed by atoms with Crippen LogP contribution >= 0.6 is 0 Å². The molecule has 0 aromatic carbocycles. The second kappa shape index (κ2) is 5.75. The van der Waals surface area contributed by atoms with Crippen LogP contribution in [0.15, 0.2) is 37.1 Å². The molecule has 1 aromatic rings. The van der Waals surface area contributed by atoms with Crippen molar-refractivity contribution in [3.05, 3.63) is 48.2 Å². The summed E-state index contributed by atoms with van der Waals surface area (Å²) in [7, 11) is -0.355. The van der Waals surface area contributed by atoms with Gasteiger partial charge in [0.05, 0.1) is 11.2 Å². The van der Waals surface area contributed by atoms with E-state index in [1.165, 1.54) is 0 Å². The van der Waals surface area contributed by atoms with Crippen LogP contribution in [0.2, 0.25) is 0 Å². The monoisotopic (exact) mass is 286 g/mol. The summed E-state index contributed by atoms with van der Waals surface area (Å²) in [6, 6.07) is 1.78. The molecule has 21 heavy (non-hydrogen) atoms. The highest BCUT2D eigenvalue weighted by Gasteiger charge is 2.49. The molecule has 0 spiro atoms. The Hall–Kier alpha value is -1.43. The Morgan fingerprint density at radius 1 is 1.24 bits per heavy atom. The number of hydrogen-bond donors (Lipinski definition) is 1. The van der Waals surface area contributed by atoms with Crippen LogP contribution in [-0.2, 0) is 9.31 Å². The van der Waals surface area contributed by atoms with Gasteiger partial charge in [-0.05, 0) is 44.9 Å². The molecule has 0 bridgehead atoms. The quantitative estimate of drug-likeness (QED) is 0.683. The first-order valence-corrected chi connectivity index (χ1v) is 7.12. The molecule has 1 aromatic heterocycles. The lowest BCUT2D eigenvalue weighted by atomic mass is 9.89. The summed E-state index contributed by atoms with van der Waals surface area (Å²) in [5.74, 6) is 1.90. The molecule has 0 radical (unpaired) electrons. The van der Waals surface area contributed by atoms with Crippen LogP contribution in [0, 0.1) is 0 Å². The van der Waals surface area contributed by atoms with Gasteiger partial charge in [0.25, 0.3) is 0 Å². The molecule has 0 saturated carbocycles. The van der Waals surface area contributed by atoms with E-state index in [1.54, 1.807) is 18.5 Å². The zero-order valence-corrected chi connectivity index (χ0v) is 13.2. The minimum Gasteiger partial charge on any atom is -0.400 e. The minimum atomic E-state index is -0.355. The summed E-state index contributed by atoms with van der Waals surface area (Å²) in [6.07, 6.45) is 7.16. The lowest BCUT2D eigenvalue weighted by molar-refractivity contribution is 0.00578. The summed E-state index contributed by atoms with van der Waals surface area (Å²) in [5, 5.41) is 0. The molecule has 2 heterocycles. The van der Waals surface area contributed by atoms with Crippen LogP contribution in [0.5, 0.6) is 0 Å². The van der Waals surface area contributed by atoms with Gasteiger partial charge in [-0.2, -0.15) is 0 Å². The molecule has 2 rings (SSSR count). The first-order valence-electron chi connectivity index (χ1n) is 7.12. The molecule has 5 heteroatoms. The molecule has 0 aliphatic carbocycles. The van der Waals surface area contributed by atoms with Crippen molar-refractivity contribution in [1.82, 2.24) is 4.98 Å². The van der Waals surface area contributed by atoms with E-state index in [2.05, 4.69) is 11.6 Å². The summed E-state index contributed by atoms with van der Waals surface area (Å²) in [5.41, 5.74) is 7.16. The number of aromatic nitrogens is 1. The zero-order valence-electron chi connectivity index (χ0n) is 13.2. The summed E-state index contributed by atoms with van der Waals surface area (Å²) in [4.78, 5) is 4.20. The third kappa shape index (κ3) is 3.43. The Kier molecular flexibility index (Phi) is 4.37. The average molecular weight is 286 g/mol. The standard InChI is InChI=1S/C16H23BN2O2/c1-6-14(18)13-9-12(10-19-11-13)7-8-17-20-15(2,3)16(4,5)21-17/h6-11,14H,1,18H2,2-5H3/b8-7+/t14-/m0/s1. The van der Waals surface area contributed by atoms with E-state index in [-0.39, 0.29) is 24.4 Å². The van der Waals surface area contributed by atoms with Gasteiger partial charge in [-0.1, -0.05) is 18.1 Å². The van der Waals surface area contributed by atoms with Gasteiger partial charge in [0.1, 0.15) is 0 Å². The fraction of sp³-hybridized carbons (Fsp3) is 0.438. The predicted molar refractivity (Wildman–Crippen MR) is 86.5 cm³/mol. The van der Waals surface area contributed by atoms with Crippen molar-refractivity contribution in [3.63, 3.8) is 0 Å². The maximum atomic E-state index is 5.92. The highest BCUT2D eigenvalue weighted by molar-refractivity contribution is 6.52. The first kappa shape index (κ1) is 16.0. The second-order valence-electron chi connectivity index (χ2n) is 6.30. The number of pyridine rings is 1. The molecule has 1 fully saturated rings. The first-order chi connectivity index (χ1) is 9.75. The van der Waals surface area contributed by atoms with Gasteiger partial charge in [-0.25, -0.2) is 0 Å². The van der Waals surface area contributed by atoms with Crippen molar-refractivity contribution in [1.29, 1.82) is 0 Å². The van der Waals surface area contributed by atoms with E-state index in [0.717, 1.165) is 11.1 Å². The average Bonchev–Trinajstić information content (AvgIpc) is 2.64. The summed E-state index contributed by atoms with van der Waals surface area (Å²) < 4.78 is 11.8. The molecule has 1 aliphatic rings. The molecule has 4 nitrogen and oxygen atoms in total. The van der Waals surface area contributed by atoms with Gasteiger partial charge in [-0.15, -0.1) is 6.58 Å². The molecule has 1 atom stereocenters. The largest absolute Gasteiger partial charge is 0.487 e. The summed E-state index contributed by atoms with van der Waals surface area (Å²) in [6.45, 7) is 11.8. The Morgan fingerprint density at radius 3 is 2.43 bits per heavy atom. The Morgan fingerprint density at radius 2 is 1.86 bits per heavy atom. The van der Waals surface area contributed by atoms with E-state index in [1.807, 2.05) is 45.8 Å².